The van der Waals surface area contributed by atoms with Gasteiger partial charge in [-0.15, -0.1) is 11.3 Å². The first kappa shape index (κ1) is 15.9. The number of aromatic nitrogens is 3. The number of carbonyl (C=O) groups is 1. The zero-order valence-corrected chi connectivity index (χ0v) is 15.1. The molecule has 0 saturated carbocycles. The minimum Gasteiger partial charge on any atom is -0.383 e. The Kier molecular flexibility index (Phi) is 3.61. The zero-order valence-electron chi connectivity index (χ0n) is 14.3. The maximum Gasteiger partial charge on any atom is 0.251 e. The third kappa shape index (κ3) is 2.63. The molecule has 0 spiro atoms. The van der Waals surface area contributed by atoms with Crippen LogP contribution in [0.5, 0.6) is 0 Å². The second-order valence-electron chi connectivity index (χ2n) is 6.42. The monoisotopic (exact) mass is 373 g/mol. The van der Waals surface area contributed by atoms with Gasteiger partial charge in [-0.25, -0.2) is 9.97 Å². The second-order valence-corrected chi connectivity index (χ2v) is 7.28. The molecule has 1 amide bonds. The molecule has 0 bridgehead atoms. The van der Waals surface area contributed by atoms with E-state index < -0.39 is 0 Å². The summed E-state index contributed by atoms with van der Waals surface area (Å²) < 4.78 is 1.07. The molecule has 1 aliphatic rings. The molecule has 0 unspecified atom stereocenters. The van der Waals surface area contributed by atoms with Gasteiger partial charge in [0, 0.05) is 41.2 Å². The molecule has 6 nitrogen and oxygen atoms in total. The number of rotatable bonds is 2. The van der Waals surface area contributed by atoms with Crippen molar-refractivity contribution < 1.29 is 4.79 Å². The molecule has 5 rings (SSSR count). The number of pyridine rings is 2. The van der Waals surface area contributed by atoms with E-state index >= 15 is 0 Å². The van der Waals surface area contributed by atoms with E-state index in [-0.39, 0.29) is 5.91 Å². The fourth-order valence-corrected chi connectivity index (χ4v) is 4.24. The van der Waals surface area contributed by atoms with Gasteiger partial charge in [-0.05, 0) is 29.7 Å². The quantitative estimate of drug-likeness (QED) is 0.562. The molecular formula is C20H15N5OS. The van der Waals surface area contributed by atoms with E-state index in [4.69, 9.17) is 5.73 Å². The molecule has 0 saturated heterocycles. The highest BCUT2D eigenvalue weighted by Gasteiger charge is 2.18. The van der Waals surface area contributed by atoms with Gasteiger partial charge in [-0.2, -0.15) is 0 Å². The summed E-state index contributed by atoms with van der Waals surface area (Å²) in [5.41, 5.74) is 14.4. The second kappa shape index (κ2) is 6.14. The Hall–Kier alpha value is -3.32. The molecule has 4 heterocycles. The molecule has 3 N–H and O–H groups in total. The summed E-state index contributed by atoms with van der Waals surface area (Å²) in [5.74, 6) is 0.439. The fourth-order valence-electron chi connectivity index (χ4n) is 3.44. The number of hydrogen-bond donors (Lipinski definition) is 2. The van der Waals surface area contributed by atoms with Crippen LogP contribution >= 0.6 is 11.3 Å². The Morgan fingerprint density at radius 2 is 1.93 bits per heavy atom. The first-order valence-corrected chi connectivity index (χ1v) is 9.43. The summed E-state index contributed by atoms with van der Waals surface area (Å²) in [4.78, 5) is 25.0. The number of thiazole rings is 1. The van der Waals surface area contributed by atoms with Crippen LogP contribution in [0.2, 0.25) is 0 Å². The van der Waals surface area contributed by atoms with Gasteiger partial charge in [0.1, 0.15) is 11.3 Å². The predicted molar refractivity (Wildman–Crippen MR) is 107 cm³/mol. The molecular weight excluding hydrogens is 358 g/mol. The van der Waals surface area contributed by atoms with E-state index in [1.807, 2.05) is 36.0 Å². The van der Waals surface area contributed by atoms with Crippen molar-refractivity contribution in [3.8, 4) is 22.3 Å². The number of nitrogens with two attached hydrogens (primary N) is 1. The van der Waals surface area contributed by atoms with Gasteiger partial charge in [0.25, 0.3) is 5.91 Å². The molecule has 1 aliphatic heterocycles. The van der Waals surface area contributed by atoms with Gasteiger partial charge in [-0.3, -0.25) is 9.78 Å². The predicted octanol–water partition coefficient (Wildman–Crippen LogP) is 3.29. The number of nitrogens with one attached hydrogen (secondary N) is 1. The van der Waals surface area contributed by atoms with Crippen molar-refractivity contribution in [2.75, 3.05) is 12.3 Å². The van der Waals surface area contributed by atoms with Gasteiger partial charge < -0.3 is 11.1 Å². The topological polar surface area (TPSA) is 93.8 Å². The van der Waals surface area contributed by atoms with E-state index in [2.05, 4.69) is 20.3 Å². The minimum atomic E-state index is -0.0226. The maximum absolute atomic E-state index is 12.0. The Labute approximate surface area is 159 Å². The molecule has 0 fully saturated rings. The van der Waals surface area contributed by atoms with E-state index in [1.165, 1.54) is 0 Å². The average Bonchev–Trinajstić information content (AvgIpc) is 3.17. The van der Waals surface area contributed by atoms with E-state index in [1.54, 1.807) is 23.7 Å². The van der Waals surface area contributed by atoms with Crippen molar-refractivity contribution in [3.05, 3.63) is 59.5 Å². The fraction of sp³-hybridized carbons (Fsp3) is 0.100. The van der Waals surface area contributed by atoms with Crippen molar-refractivity contribution in [3.63, 3.8) is 0 Å². The van der Waals surface area contributed by atoms with Crippen LogP contribution < -0.4 is 11.1 Å². The number of anilines is 1. The summed E-state index contributed by atoms with van der Waals surface area (Å²) in [6, 6.07) is 7.85. The van der Waals surface area contributed by atoms with Gasteiger partial charge in [0.05, 0.1) is 16.4 Å². The molecule has 0 aliphatic carbocycles. The third-order valence-corrected chi connectivity index (χ3v) is 5.69. The summed E-state index contributed by atoms with van der Waals surface area (Å²) in [7, 11) is 0. The van der Waals surface area contributed by atoms with Crippen LogP contribution in [0, 0.1) is 0 Å². The lowest BCUT2D eigenvalue weighted by Gasteiger charge is -2.18. The molecule has 0 radical (unpaired) electrons. The lowest BCUT2D eigenvalue weighted by Crippen LogP contribution is -2.31. The SMILES string of the molecule is Nc1ncc(-c2cncc3ncsc23)cc1-c1ccc2c(c1)CCNC2=O. The van der Waals surface area contributed by atoms with Crippen LogP contribution in [0.15, 0.2) is 48.4 Å². The molecule has 0 atom stereocenters. The van der Waals surface area contributed by atoms with Crippen LogP contribution in [0.4, 0.5) is 5.82 Å². The molecule has 3 aromatic heterocycles. The van der Waals surface area contributed by atoms with Crippen molar-refractivity contribution in [2.45, 2.75) is 6.42 Å². The lowest BCUT2D eigenvalue weighted by molar-refractivity contribution is 0.0946. The van der Waals surface area contributed by atoms with Gasteiger partial charge >= 0.3 is 0 Å². The third-order valence-electron chi connectivity index (χ3n) is 4.81. The molecule has 132 valence electrons. The van der Waals surface area contributed by atoms with Crippen LogP contribution in [-0.4, -0.2) is 27.4 Å². The zero-order chi connectivity index (χ0) is 18.4. The summed E-state index contributed by atoms with van der Waals surface area (Å²) >= 11 is 1.58. The Morgan fingerprint density at radius 1 is 1.00 bits per heavy atom. The van der Waals surface area contributed by atoms with Crippen molar-refractivity contribution >= 4 is 33.3 Å². The molecule has 1 aromatic carbocycles. The number of fused-ring (bicyclic) bond motifs is 2. The van der Waals surface area contributed by atoms with E-state index in [9.17, 15) is 4.79 Å². The minimum absolute atomic E-state index is 0.0226. The molecule has 7 heteroatoms. The van der Waals surface area contributed by atoms with Crippen LogP contribution in [0.3, 0.4) is 0 Å². The lowest BCUT2D eigenvalue weighted by atomic mass is 9.94. The molecule has 4 aromatic rings. The number of nitrogen functional groups attached to an aromatic ring is 1. The van der Waals surface area contributed by atoms with Crippen LogP contribution in [-0.2, 0) is 6.42 Å². The van der Waals surface area contributed by atoms with Gasteiger partial charge in [0.15, 0.2) is 0 Å². The Balaban J connectivity index is 1.65. The maximum atomic E-state index is 12.0. The van der Waals surface area contributed by atoms with Crippen molar-refractivity contribution in [1.29, 1.82) is 0 Å². The average molecular weight is 373 g/mol. The Bertz CT molecular complexity index is 1200. The van der Waals surface area contributed by atoms with Gasteiger partial charge in [-0.1, -0.05) is 12.1 Å². The van der Waals surface area contributed by atoms with E-state index in [0.717, 1.165) is 50.0 Å². The summed E-state index contributed by atoms with van der Waals surface area (Å²) in [6.07, 6.45) is 6.16. The van der Waals surface area contributed by atoms with Crippen LogP contribution in [0.1, 0.15) is 15.9 Å². The number of amides is 1. The van der Waals surface area contributed by atoms with Crippen LogP contribution in [0.25, 0.3) is 32.5 Å². The number of nitrogens with zero attached hydrogens (tertiary/aromatic N) is 3. The number of benzene rings is 1. The van der Waals surface area contributed by atoms with Crippen molar-refractivity contribution in [1.82, 2.24) is 20.3 Å². The Morgan fingerprint density at radius 3 is 2.85 bits per heavy atom. The van der Waals surface area contributed by atoms with Gasteiger partial charge in [0.2, 0.25) is 0 Å². The first-order valence-electron chi connectivity index (χ1n) is 8.55. The highest BCUT2D eigenvalue weighted by atomic mass is 32.1. The standard InChI is InChI=1S/C20H15N5OS/c21-19-15(11-1-2-14-12(5-11)3-4-23-20(14)26)6-13(7-24-19)16-8-22-9-17-18(16)27-10-25-17/h1-2,5-10H,3-4H2,(H2,21,24)(H,23,26). The summed E-state index contributed by atoms with van der Waals surface area (Å²) in [6.45, 7) is 0.655. The first-order chi connectivity index (χ1) is 13.2. The van der Waals surface area contributed by atoms with Crippen molar-refractivity contribution in [2.24, 2.45) is 0 Å². The molecule has 27 heavy (non-hydrogen) atoms. The normalized spacial score (nSPS) is 13.4. The van der Waals surface area contributed by atoms with E-state index in [0.29, 0.717) is 12.4 Å². The smallest absolute Gasteiger partial charge is 0.251 e. The largest absolute Gasteiger partial charge is 0.383 e. The number of hydrogen-bond acceptors (Lipinski definition) is 6. The highest BCUT2D eigenvalue weighted by Crippen LogP contribution is 2.34. The highest BCUT2D eigenvalue weighted by molar-refractivity contribution is 7.17. The number of carbonyl (C=O) groups excluding carboxylic acids is 1. The summed E-state index contributed by atoms with van der Waals surface area (Å²) in [5, 5.41) is 2.87.